The van der Waals surface area contributed by atoms with Crippen molar-refractivity contribution in [1.29, 1.82) is 0 Å². The van der Waals surface area contributed by atoms with Crippen molar-refractivity contribution in [2.45, 2.75) is 46.5 Å². The summed E-state index contributed by atoms with van der Waals surface area (Å²) in [5.41, 5.74) is 0.472. The lowest BCUT2D eigenvalue weighted by Crippen LogP contribution is -2.30. The van der Waals surface area contributed by atoms with Crippen molar-refractivity contribution >= 4 is 0 Å². The summed E-state index contributed by atoms with van der Waals surface area (Å²) in [7, 11) is 1.82. The Balaban J connectivity index is 2.37. The molecule has 0 aromatic heterocycles. The standard InChI is InChI=1S/C12H24O/c1-10(2)11-5-7-12(3,8-6-11)9-13-4/h10-11H,5-9H2,1-4H3. The first-order valence-corrected chi connectivity index (χ1v) is 5.56. The quantitative estimate of drug-likeness (QED) is 0.652. The van der Waals surface area contributed by atoms with E-state index in [9.17, 15) is 0 Å². The van der Waals surface area contributed by atoms with Gasteiger partial charge in [0, 0.05) is 7.11 Å². The zero-order valence-corrected chi connectivity index (χ0v) is 9.60. The number of methoxy groups -OCH3 is 1. The Morgan fingerprint density at radius 1 is 1.31 bits per heavy atom. The largest absolute Gasteiger partial charge is 0.384 e. The first kappa shape index (κ1) is 11.0. The van der Waals surface area contributed by atoms with Gasteiger partial charge in [-0.05, 0) is 42.9 Å². The first-order chi connectivity index (χ1) is 6.07. The van der Waals surface area contributed by atoms with Crippen LogP contribution in [0.5, 0.6) is 0 Å². The molecule has 0 atom stereocenters. The maximum atomic E-state index is 5.28. The van der Waals surface area contributed by atoms with E-state index in [2.05, 4.69) is 20.8 Å². The predicted octanol–water partition coefficient (Wildman–Crippen LogP) is 3.49. The van der Waals surface area contributed by atoms with Gasteiger partial charge < -0.3 is 4.74 Å². The van der Waals surface area contributed by atoms with Crippen molar-refractivity contribution in [2.24, 2.45) is 17.3 Å². The second-order valence-electron chi connectivity index (χ2n) is 5.33. The Morgan fingerprint density at radius 3 is 2.23 bits per heavy atom. The van der Waals surface area contributed by atoms with Gasteiger partial charge in [0.2, 0.25) is 0 Å². The SMILES string of the molecule is COCC1(C)CCC(C(C)C)CC1. The molecule has 1 saturated carbocycles. The van der Waals surface area contributed by atoms with Crippen LogP contribution >= 0.6 is 0 Å². The highest BCUT2D eigenvalue weighted by atomic mass is 16.5. The molecule has 1 aliphatic rings. The normalized spacial score (nSPS) is 35.3. The highest BCUT2D eigenvalue weighted by Gasteiger charge is 2.31. The molecule has 0 N–H and O–H groups in total. The van der Waals surface area contributed by atoms with Crippen molar-refractivity contribution in [3.05, 3.63) is 0 Å². The Hall–Kier alpha value is -0.0400. The minimum absolute atomic E-state index is 0.472. The minimum atomic E-state index is 0.472. The lowest BCUT2D eigenvalue weighted by molar-refractivity contribution is 0.0425. The van der Waals surface area contributed by atoms with Crippen LogP contribution in [-0.2, 0) is 4.74 Å². The van der Waals surface area contributed by atoms with E-state index >= 15 is 0 Å². The molecule has 0 amide bonds. The van der Waals surface area contributed by atoms with Crippen molar-refractivity contribution in [3.8, 4) is 0 Å². The summed E-state index contributed by atoms with van der Waals surface area (Å²) in [5, 5.41) is 0. The highest BCUT2D eigenvalue weighted by molar-refractivity contribution is 4.82. The molecule has 0 bridgehead atoms. The fraction of sp³-hybridized carbons (Fsp3) is 1.00. The average Bonchev–Trinajstić information content (AvgIpc) is 2.05. The summed E-state index contributed by atoms with van der Waals surface area (Å²) in [6.07, 6.45) is 5.50. The molecule has 0 saturated heterocycles. The molecule has 0 unspecified atom stereocenters. The van der Waals surface area contributed by atoms with Gasteiger partial charge in [-0.2, -0.15) is 0 Å². The first-order valence-electron chi connectivity index (χ1n) is 5.56. The van der Waals surface area contributed by atoms with E-state index in [0.29, 0.717) is 5.41 Å². The molecule has 13 heavy (non-hydrogen) atoms. The van der Waals surface area contributed by atoms with Gasteiger partial charge >= 0.3 is 0 Å². The molecule has 78 valence electrons. The van der Waals surface area contributed by atoms with Crippen LogP contribution in [0.3, 0.4) is 0 Å². The molecule has 0 aromatic rings. The summed E-state index contributed by atoms with van der Waals surface area (Å²) in [4.78, 5) is 0. The van der Waals surface area contributed by atoms with E-state index in [1.54, 1.807) is 0 Å². The Morgan fingerprint density at radius 2 is 1.85 bits per heavy atom. The van der Waals surface area contributed by atoms with E-state index in [1.165, 1.54) is 25.7 Å². The van der Waals surface area contributed by atoms with Gasteiger partial charge in [-0.3, -0.25) is 0 Å². The van der Waals surface area contributed by atoms with Crippen LogP contribution < -0.4 is 0 Å². The van der Waals surface area contributed by atoms with E-state index < -0.39 is 0 Å². The molecule has 0 aromatic carbocycles. The Bertz CT molecular complexity index is 143. The molecule has 1 heteroatoms. The number of hydrogen-bond donors (Lipinski definition) is 0. The summed E-state index contributed by atoms with van der Waals surface area (Å²) in [5.74, 6) is 1.83. The number of rotatable bonds is 3. The lowest BCUT2D eigenvalue weighted by atomic mass is 9.69. The maximum absolute atomic E-state index is 5.28. The third kappa shape index (κ3) is 2.98. The molecular weight excluding hydrogens is 160 g/mol. The molecule has 0 radical (unpaired) electrons. The van der Waals surface area contributed by atoms with Crippen LogP contribution in [0.1, 0.15) is 46.5 Å². The van der Waals surface area contributed by atoms with Crippen LogP contribution in [0.2, 0.25) is 0 Å². The smallest absolute Gasteiger partial charge is 0.0515 e. The van der Waals surface area contributed by atoms with Gasteiger partial charge in [0.15, 0.2) is 0 Å². The third-order valence-corrected chi connectivity index (χ3v) is 3.67. The molecule has 0 heterocycles. The maximum Gasteiger partial charge on any atom is 0.0515 e. The zero-order chi connectivity index (χ0) is 9.90. The average molecular weight is 184 g/mol. The van der Waals surface area contributed by atoms with Crippen LogP contribution in [0.4, 0.5) is 0 Å². The summed E-state index contributed by atoms with van der Waals surface area (Å²) in [6, 6.07) is 0. The van der Waals surface area contributed by atoms with Crippen LogP contribution in [0.15, 0.2) is 0 Å². The second kappa shape index (κ2) is 4.45. The van der Waals surface area contributed by atoms with E-state index in [0.717, 1.165) is 18.4 Å². The lowest BCUT2D eigenvalue weighted by Gasteiger charge is -2.38. The van der Waals surface area contributed by atoms with Gasteiger partial charge in [-0.1, -0.05) is 20.8 Å². The van der Waals surface area contributed by atoms with E-state index in [-0.39, 0.29) is 0 Å². The topological polar surface area (TPSA) is 9.23 Å². The number of hydrogen-bond acceptors (Lipinski definition) is 1. The number of ether oxygens (including phenoxy) is 1. The van der Waals surface area contributed by atoms with Crippen LogP contribution in [0.25, 0.3) is 0 Å². The molecule has 0 spiro atoms. The highest BCUT2D eigenvalue weighted by Crippen LogP contribution is 2.41. The van der Waals surface area contributed by atoms with Crippen LogP contribution in [0, 0.1) is 17.3 Å². The van der Waals surface area contributed by atoms with Crippen molar-refractivity contribution in [2.75, 3.05) is 13.7 Å². The second-order valence-corrected chi connectivity index (χ2v) is 5.33. The molecule has 1 aliphatic carbocycles. The van der Waals surface area contributed by atoms with Gasteiger partial charge in [-0.15, -0.1) is 0 Å². The van der Waals surface area contributed by atoms with Crippen molar-refractivity contribution in [3.63, 3.8) is 0 Å². The monoisotopic (exact) mass is 184 g/mol. The fourth-order valence-electron chi connectivity index (χ4n) is 2.50. The Labute approximate surface area is 82.9 Å². The van der Waals surface area contributed by atoms with Gasteiger partial charge in [0.05, 0.1) is 6.61 Å². The fourth-order valence-corrected chi connectivity index (χ4v) is 2.50. The van der Waals surface area contributed by atoms with Crippen molar-refractivity contribution in [1.82, 2.24) is 0 Å². The Kier molecular flexibility index (Phi) is 3.78. The molecule has 1 fully saturated rings. The summed E-state index contributed by atoms with van der Waals surface area (Å²) < 4.78 is 5.28. The molecular formula is C12H24O. The third-order valence-electron chi connectivity index (χ3n) is 3.67. The van der Waals surface area contributed by atoms with E-state index in [4.69, 9.17) is 4.74 Å². The molecule has 1 rings (SSSR count). The minimum Gasteiger partial charge on any atom is -0.384 e. The molecule has 1 nitrogen and oxygen atoms in total. The predicted molar refractivity (Wildman–Crippen MR) is 56.8 cm³/mol. The van der Waals surface area contributed by atoms with Gasteiger partial charge in [-0.25, -0.2) is 0 Å². The molecule has 0 aliphatic heterocycles. The van der Waals surface area contributed by atoms with Crippen molar-refractivity contribution < 1.29 is 4.74 Å². The summed E-state index contributed by atoms with van der Waals surface area (Å²) in [6.45, 7) is 8.01. The van der Waals surface area contributed by atoms with Gasteiger partial charge in [0.1, 0.15) is 0 Å². The van der Waals surface area contributed by atoms with E-state index in [1.807, 2.05) is 7.11 Å². The summed E-state index contributed by atoms with van der Waals surface area (Å²) >= 11 is 0. The van der Waals surface area contributed by atoms with Gasteiger partial charge in [0.25, 0.3) is 0 Å². The zero-order valence-electron chi connectivity index (χ0n) is 9.60. The van der Waals surface area contributed by atoms with Crippen LogP contribution in [-0.4, -0.2) is 13.7 Å².